The van der Waals surface area contributed by atoms with Gasteiger partial charge in [-0.3, -0.25) is 0 Å². The van der Waals surface area contributed by atoms with Crippen LogP contribution in [0.25, 0.3) is 0 Å². The molecule has 0 N–H and O–H groups in total. The third-order valence-corrected chi connectivity index (χ3v) is 2.74. The fraction of sp³-hybridized carbons (Fsp3) is 1.00. The Morgan fingerprint density at radius 1 is 1.23 bits per heavy atom. The Kier molecular flexibility index (Phi) is 6.79. The molecule has 0 heterocycles. The van der Waals surface area contributed by atoms with Gasteiger partial charge in [0.25, 0.3) is 0 Å². The molecule has 0 aromatic rings. The molecular weight excluding hydrogens is 184 g/mol. The topological polar surface area (TPSA) is 9.23 Å². The molecule has 0 aromatic carbocycles. The Labute approximate surface area is 87.8 Å². The van der Waals surface area contributed by atoms with Crippen molar-refractivity contribution in [2.24, 2.45) is 11.3 Å². The molecule has 0 fully saturated rings. The summed E-state index contributed by atoms with van der Waals surface area (Å²) in [5.74, 6) is 1.30. The van der Waals surface area contributed by atoms with Gasteiger partial charge in [-0.1, -0.05) is 27.7 Å². The van der Waals surface area contributed by atoms with Crippen LogP contribution in [0.15, 0.2) is 0 Å². The molecule has 0 rings (SSSR count). The third-order valence-electron chi connectivity index (χ3n) is 2.37. The summed E-state index contributed by atoms with van der Waals surface area (Å²) in [5, 5.41) is 0. The molecule has 2 heteroatoms. The Bertz CT molecular complexity index is 118. The summed E-state index contributed by atoms with van der Waals surface area (Å²) in [4.78, 5) is 0. The normalized spacial score (nSPS) is 14.5. The van der Waals surface area contributed by atoms with Crippen molar-refractivity contribution in [3.63, 3.8) is 0 Å². The fourth-order valence-electron chi connectivity index (χ4n) is 1.21. The molecule has 1 atom stereocenters. The van der Waals surface area contributed by atoms with Gasteiger partial charge in [0.1, 0.15) is 0 Å². The van der Waals surface area contributed by atoms with E-state index in [0.29, 0.717) is 11.3 Å². The first-order chi connectivity index (χ1) is 6.02. The maximum atomic E-state index is 5.91. The molecule has 0 aliphatic rings. The van der Waals surface area contributed by atoms with Crippen LogP contribution < -0.4 is 0 Å². The third kappa shape index (κ3) is 6.34. The summed E-state index contributed by atoms with van der Waals surface area (Å²) in [6.45, 7) is 10.6. The molecule has 0 spiro atoms. The predicted molar refractivity (Wildman–Crippen MR) is 59.4 cm³/mol. The molecule has 13 heavy (non-hydrogen) atoms. The summed E-state index contributed by atoms with van der Waals surface area (Å²) < 4.78 is 5.45. The maximum Gasteiger partial charge on any atom is 0.0469 e. The first-order valence-electron chi connectivity index (χ1n) is 5.16. The van der Waals surface area contributed by atoms with Crippen LogP contribution in [0.1, 0.15) is 40.5 Å². The quantitative estimate of drug-likeness (QED) is 0.476. The molecule has 0 saturated heterocycles. The van der Waals surface area contributed by atoms with Gasteiger partial charge >= 0.3 is 0 Å². The molecule has 0 amide bonds. The van der Waals surface area contributed by atoms with Gasteiger partial charge < -0.3 is 4.74 Å². The van der Waals surface area contributed by atoms with E-state index in [4.69, 9.17) is 16.3 Å². The molecule has 0 bridgehead atoms. The van der Waals surface area contributed by atoms with Gasteiger partial charge in [-0.15, -0.1) is 11.6 Å². The number of ether oxygens (including phenoxy) is 1. The second kappa shape index (κ2) is 6.67. The van der Waals surface area contributed by atoms with E-state index in [9.17, 15) is 0 Å². The monoisotopic (exact) mass is 206 g/mol. The fourth-order valence-corrected chi connectivity index (χ4v) is 1.83. The number of rotatable bonds is 6. The minimum Gasteiger partial charge on any atom is -0.381 e. The van der Waals surface area contributed by atoms with E-state index in [2.05, 4.69) is 27.7 Å². The highest BCUT2D eigenvalue weighted by Gasteiger charge is 2.22. The maximum absolute atomic E-state index is 5.91. The van der Waals surface area contributed by atoms with Gasteiger partial charge in [0.15, 0.2) is 0 Å². The Morgan fingerprint density at radius 3 is 2.23 bits per heavy atom. The molecule has 0 saturated carbocycles. The van der Waals surface area contributed by atoms with Gasteiger partial charge in [0.05, 0.1) is 0 Å². The lowest BCUT2D eigenvalue weighted by Crippen LogP contribution is -2.23. The molecule has 80 valence electrons. The van der Waals surface area contributed by atoms with Crippen LogP contribution in [0.5, 0.6) is 0 Å². The molecule has 1 nitrogen and oxygen atoms in total. The van der Waals surface area contributed by atoms with Crippen LogP contribution in [0, 0.1) is 11.3 Å². The average Bonchev–Trinajstić information content (AvgIpc) is 2.02. The largest absolute Gasteiger partial charge is 0.381 e. The molecule has 0 aliphatic heterocycles. The summed E-state index contributed by atoms with van der Waals surface area (Å²) in [7, 11) is 0. The van der Waals surface area contributed by atoms with Crippen molar-refractivity contribution in [2.45, 2.75) is 40.5 Å². The first kappa shape index (κ1) is 13.2. The van der Waals surface area contributed by atoms with E-state index in [1.807, 2.05) is 0 Å². The number of alkyl halides is 1. The zero-order valence-electron chi connectivity index (χ0n) is 9.40. The summed E-state index contributed by atoms with van der Waals surface area (Å²) in [6.07, 6.45) is 2.17. The highest BCUT2D eigenvalue weighted by Crippen LogP contribution is 2.29. The van der Waals surface area contributed by atoms with Crippen LogP contribution in [0.3, 0.4) is 0 Å². The van der Waals surface area contributed by atoms with Crippen LogP contribution in [0.2, 0.25) is 0 Å². The van der Waals surface area contributed by atoms with Crippen molar-refractivity contribution in [3.05, 3.63) is 0 Å². The van der Waals surface area contributed by atoms with E-state index < -0.39 is 0 Å². The van der Waals surface area contributed by atoms with E-state index in [-0.39, 0.29) is 0 Å². The van der Waals surface area contributed by atoms with E-state index in [0.717, 1.165) is 31.9 Å². The average molecular weight is 207 g/mol. The van der Waals surface area contributed by atoms with Crippen LogP contribution >= 0.6 is 11.6 Å². The summed E-state index contributed by atoms with van der Waals surface area (Å²) in [5.41, 5.74) is 0.303. The van der Waals surface area contributed by atoms with E-state index in [1.54, 1.807) is 0 Å². The molecule has 0 aromatic heterocycles. The zero-order chi connectivity index (χ0) is 10.3. The molecular formula is C11H23ClO. The zero-order valence-corrected chi connectivity index (χ0v) is 10.2. The Hall–Kier alpha value is 0.250. The van der Waals surface area contributed by atoms with Gasteiger partial charge in [0, 0.05) is 19.1 Å². The van der Waals surface area contributed by atoms with Crippen molar-refractivity contribution < 1.29 is 4.74 Å². The highest BCUT2D eigenvalue weighted by atomic mass is 35.5. The second-order valence-corrected chi connectivity index (χ2v) is 4.93. The van der Waals surface area contributed by atoms with E-state index in [1.165, 1.54) is 0 Å². The standard InChI is InChI=1S/C11H23ClO/c1-5-7-13-8-6-10(9-12)11(2,3)4/h10H,5-9H2,1-4H3. The number of halogens is 1. The predicted octanol–water partition coefficient (Wildman–Crippen LogP) is 3.70. The van der Waals surface area contributed by atoms with Crippen LogP contribution in [-0.4, -0.2) is 19.1 Å². The minimum atomic E-state index is 0.303. The van der Waals surface area contributed by atoms with Crippen LogP contribution in [0.4, 0.5) is 0 Å². The number of hydrogen-bond acceptors (Lipinski definition) is 1. The van der Waals surface area contributed by atoms with Gasteiger partial charge in [0.2, 0.25) is 0 Å². The lowest BCUT2D eigenvalue weighted by Gasteiger charge is -2.28. The lowest BCUT2D eigenvalue weighted by molar-refractivity contribution is 0.103. The molecule has 0 radical (unpaired) electrons. The SMILES string of the molecule is CCCOCCC(CCl)C(C)(C)C. The number of hydrogen-bond donors (Lipinski definition) is 0. The lowest BCUT2D eigenvalue weighted by atomic mass is 9.80. The van der Waals surface area contributed by atoms with Crippen molar-refractivity contribution in [1.29, 1.82) is 0 Å². The first-order valence-corrected chi connectivity index (χ1v) is 5.69. The van der Waals surface area contributed by atoms with Gasteiger partial charge in [-0.05, 0) is 24.2 Å². The summed E-state index contributed by atoms with van der Waals surface area (Å²) in [6, 6.07) is 0. The van der Waals surface area contributed by atoms with E-state index >= 15 is 0 Å². The Balaban J connectivity index is 3.61. The second-order valence-electron chi connectivity index (χ2n) is 4.62. The molecule has 1 unspecified atom stereocenters. The van der Waals surface area contributed by atoms with Gasteiger partial charge in [-0.25, -0.2) is 0 Å². The Morgan fingerprint density at radius 2 is 1.85 bits per heavy atom. The van der Waals surface area contributed by atoms with Crippen LogP contribution in [-0.2, 0) is 4.74 Å². The smallest absolute Gasteiger partial charge is 0.0469 e. The van der Waals surface area contributed by atoms with Crippen molar-refractivity contribution >= 4 is 11.6 Å². The highest BCUT2D eigenvalue weighted by molar-refractivity contribution is 6.18. The molecule has 0 aliphatic carbocycles. The summed E-state index contributed by atoms with van der Waals surface area (Å²) >= 11 is 5.91. The van der Waals surface area contributed by atoms with Gasteiger partial charge in [-0.2, -0.15) is 0 Å². The van der Waals surface area contributed by atoms with Crippen molar-refractivity contribution in [1.82, 2.24) is 0 Å². The minimum absolute atomic E-state index is 0.303. The van der Waals surface area contributed by atoms with Crippen molar-refractivity contribution in [3.8, 4) is 0 Å². The van der Waals surface area contributed by atoms with Crippen molar-refractivity contribution in [2.75, 3.05) is 19.1 Å².